The first-order chi connectivity index (χ1) is 10.3. The van der Waals surface area contributed by atoms with Gasteiger partial charge < -0.3 is 5.32 Å². The molecule has 0 radical (unpaired) electrons. The van der Waals surface area contributed by atoms with Crippen LogP contribution in [0.3, 0.4) is 0 Å². The maximum absolute atomic E-state index is 13.6. The van der Waals surface area contributed by atoms with E-state index in [1.54, 1.807) is 6.07 Å². The summed E-state index contributed by atoms with van der Waals surface area (Å²) in [5, 5.41) is 7.88. The van der Waals surface area contributed by atoms with E-state index in [1.807, 2.05) is 35.1 Å². The van der Waals surface area contributed by atoms with Crippen LogP contribution in [0.25, 0.3) is 16.8 Å². The first-order valence-corrected chi connectivity index (χ1v) is 6.95. The zero-order valence-corrected chi connectivity index (χ0v) is 11.4. The van der Waals surface area contributed by atoms with Gasteiger partial charge in [0.15, 0.2) is 0 Å². The van der Waals surface area contributed by atoms with Crippen LogP contribution in [0.2, 0.25) is 0 Å². The summed E-state index contributed by atoms with van der Waals surface area (Å²) in [5.41, 5.74) is 5.14. The fourth-order valence-electron chi connectivity index (χ4n) is 2.81. The standard InChI is InChI=1S/C17H14FN3/c18-14-7-6-13-9-19-11-17-15(12-4-2-1-3-5-12)10-20-21(17)16(13)8-14/h1-8,10,19H,9,11H2. The van der Waals surface area contributed by atoms with E-state index in [-0.39, 0.29) is 5.82 Å². The highest BCUT2D eigenvalue weighted by Gasteiger charge is 2.19. The van der Waals surface area contributed by atoms with E-state index >= 15 is 0 Å². The molecular weight excluding hydrogens is 265 g/mol. The van der Waals surface area contributed by atoms with Crippen molar-refractivity contribution in [3.8, 4) is 16.8 Å². The van der Waals surface area contributed by atoms with E-state index in [0.717, 1.165) is 28.1 Å². The molecule has 1 aromatic heterocycles. The van der Waals surface area contributed by atoms with Crippen molar-refractivity contribution in [3.05, 3.63) is 71.8 Å². The number of rotatable bonds is 1. The van der Waals surface area contributed by atoms with Crippen LogP contribution in [0.4, 0.5) is 4.39 Å². The number of nitrogens with zero attached hydrogens (tertiary/aromatic N) is 2. The molecule has 0 aliphatic carbocycles. The third-order valence-electron chi connectivity index (χ3n) is 3.84. The second kappa shape index (κ2) is 4.82. The van der Waals surface area contributed by atoms with Gasteiger partial charge in [0.05, 0.1) is 17.6 Å². The van der Waals surface area contributed by atoms with Crippen molar-refractivity contribution >= 4 is 0 Å². The second-order valence-electron chi connectivity index (χ2n) is 5.16. The molecule has 0 bridgehead atoms. The van der Waals surface area contributed by atoms with Gasteiger partial charge in [-0.15, -0.1) is 0 Å². The van der Waals surface area contributed by atoms with Crippen molar-refractivity contribution < 1.29 is 4.39 Å². The van der Waals surface area contributed by atoms with Crippen molar-refractivity contribution in [3.63, 3.8) is 0 Å². The van der Waals surface area contributed by atoms with Gasteiger partial charge in [0.2, 0.25) is 0 Å². The molecule has 0 unspecified atom stereocenters. The Kier molecular flexibility index (Phi) is 2.82. The Hall–Kier alpha value is -2.46. The zero-order chi connectivity index (χ0) is 14.2. The summed E-state index contributed by atoms with van der Waals surface area (Å²) in [7, 11) is 0. The average Bonchev–Trinajstić information content (AvgIpc) is 2.85. The lowest BCUT2D eigenvalue weighted by Crippen LogP contribution is -2.11. The monoisotopic (exact) mass is 279 g/mol. The van der Waals surface area contributed by atoms with Gasteiger partial charge in [0.1, 0.15) is 5.82 Å². The first-order valence-electron chi connectivity index (χ1n) is 6.95. The Morgan fingerprint density at radius 2 is 1.90 bits per heavy atom. The van der Waals surface area contributed by atoms with Crippen LogP contribution in [0.5, 0.6) is 0 Å². The van der Waals surface area contributed by atoms with Crippen LogP contribution in [-0.4, -0.2) is 9.78 Å². The molecule has 0 spiro atoms. The van der Waals surface area contributed by atoms with E-state index in [1.165, 1.54) is 6.07 Å². The van der Waals surface area contributed by atoms with Crippen LogP contribution >= 0.6 is 0 Å². The third kappa shape index (κ3) is 2.04. The second-order valence-corrected chi connectivity index (χ2v) is 5.16. The normalized spacial score (nSPS) is 13.4. The van der Waals surface area contributed by atoms with E-state index < -0.39 is 0 Å². The quantitative estimate of drug-likeness (QED) is 0.741. The Labute approximate surface area is 122 Å². The minimum Gasteiger partial charge on any atom is -0.307 e. The number of fused-ring (bicyclic) bond motifs is 3. The van der Waals surface area contributed by atoms with Crippen LogP contribution in [-0.2, 0) is 13.1 Å². The lowest BCUT2D eigenvalue weighted by atomic mass is 10.1. The predicted octanol–water partition coefficient (Wildman–Crippen LogP) is 3.28. The minimum absolute atomic E-state index is 0.238. The summed E-state index contributed by atoms with van der Waals surface area (Å²) in [5.74, 6) is -0.238. The van der Waals surface area contributed by atoms with E-state index in [2.05, 4.69) is 22.5 Å². The highest BCUT2D eigenvalue weighted by atomic mass is 19.1. The van der Waals surface area contributed by atoms with Gasteiger partial charge in [-0.3, -0.25) is 0 Å². The number of nitrogens with one attached hydrogen (secondary N) is 1. The van der Waals surface area contributed by atoms with Crippen molar-refractivity contribution in [1.82, 2.24) is 15.1 Å². The molecule has 3 aromatic rings. The van der Waals surface area contributed by atoms with Crippen LogP contribution in [0.1, 0.15) is 11.3 Å². The molecule has 0 saturated heterocycles. The van der Waals surface area contributed by atoms with Gasteiger partial charge in [-0.25, -0.2) is 9.07 Å². The van der Waals surface area contributed by atoms with Gasteiger partial charge in [-0.2, -0.15) is 5.10 Å². The zero-order valence-electron chi connectivity index (χ0n) is 11.4. The van der Waals surface area contributed by atoms with Crippen LogP contribution in [0.15, 0.2) is 54.7 Å². The molecule has 0 fully saturated rings. The largest absolute Gasteiger partial charge is 0.307 e. The number of halogens is 1. The smallest absolute Gasteiger partial charge is 0.125 e. The fraction of sp³-hybridized carbons (Fsp3) is 0.118. The molecule has 0 amide bonds. The van der Waals surface area contributed by atoms with Crippen molar-refractivity contribution in [2.75, 3.05) is 0 Å². The maximum Gasteiger partial charge on any atom is 0.125 e. The molecule has 2 aromatic carbocycles. The summed E-state index contributed by atoms with van der Waals surface area (Å²) < 4.78 is 15.4. The Morgan fingerprint density at radius 3 is 2.76 bits per heavy atom. The van der Waals surface area contributed by atoms with Gasteiger partial charge in [0.25, 0.3) is 0 Å². The average molecular weight is 279 g/mol. The molecule has 4 heteroatoms. The third-order valence-corrected chi connectivity index (χ3v) is 3.84. The summed E-state index contributed by atoms with van der Waals surface area (Å²) in [6, 6.07) is 15.0. The van der Waals surface area contributed by atoms with Crippen LogP contribution in [0, 0.1) is 5.82 Å². The Bertz CT molecular complexity index is 793. The molecule has 0 saturated carbocycles. The molecule has 0 atom stereocenters. The van der Waals surface area contributed by atoms with Gasteiger partial charge in [-0.05, 0) is 23.3 Å². The summed E-state index contributed by atoms with van der Waals surface area (Å²) in [6.07, 6.45) is 1.85. The van der Waals surface area contributed by atoms with Crippen molar-refractivity contribution in [1.29, 1.82) is 0 Å². The molecule has 4 rings (SSSR count). The first kappa shape index (κ1) is 12.3. The van der Waals surface area contributed by atoms with Gasteiger partial charge in [0, 0.05) is 18.7 Å². The summed E-state index contributed by atoms with van der Waals surface area (Å²) in [6.45, 7) is 1.42. The summed E-state index contributed by atoms with van der Waals surface area (Å²) in [4.78, 5) is 0. The molecule has 1 aliphatic heterocycles. The number of aromatic nitrogens is 2. The lowest BCUT2D eigenvalue weighted by molar-refractivity contribution is 0.624. The lowest BCUT2D eigenvalue weighted by Gasteiger charge is -2.08. The Morgan fingerprint density at radius 1 is 1.05 bits per heavy atom. The van der Waals surface area contributed by atoms with Gasteiger partial charge >= 0.3 is 0 Å². The molecule has 3 nitrogen and oxygen atoms in total. The SMILES string of the molecule is Fc1ccc2c(c1)-n1ncc(-c3ccccc3)c1CNC2. The fourth-order valence-corrected chi connectivity index (χ4v) is 2.81. The van der Waals surface area contributed by atoms with Crippen LogP contribution < -0.4 is 5.32 Å². The van der Waals surface area contributed by atoms with E-state index in [4.69, 9.17) is 0 Å². The predicted molar refractivity (Wildman–Crippen MR) is 79.5 cm³/mol. The highest BCUT2D eigenvalue weighted by molar-refractivity contribution is 5.66. The molecule has 21 heavy (non-hydrogen) atoms. The molecule has 104 valence electrons. The van der Waals surface area contributed by atoms with E-state index in [0.29, 0.717) is 13.1 Å². The summed E-state index contributed by atoms with van der Waals surface area (Å²) >= 11 is 0. The highest BCUT2D eigenvalue weighted by Crippen LogP contribution is 2.28. The Balaban J connectivity index is 1.92. The van der Waals surface area contributed by atoms with Crippen molar-refractivity contribution in [2.45, 2.75) is 13.1 Å². The molecule has 1 aliphatic rings. The number of hydrogen-bond acceptors (Lipinski definition) is 2. The maximum atomic E-state index is 13.6. The van der Waals surface area contributed by atoms with Gasteiger partial charge in [-0.1, -0.05) is 36.4 Å². The molecular formula is C17H14FN3. The minimum atomic E-state index is -0.238. The van der Waals surface area contributed by atoms with E-state index in [9.17, 15) is 4.39 Å². The van der Waals surface area contributed by atoms with Crippen molar-refractivity contribution in [2.24, 2.45) is 0 Å². The molecule has 2 heterocycles. The molecule has 1 N–H and O–H groups in total. The number of benzene rings is 2. The number of hydrogen-bond donors (Lipinski definition) is 1. The topological polar surface area (TPSA) is 29.9 Å².